The van der Waals surface area contributed by atoms with E-state index in [1.54, 1.807) is 23.8 Å². The second-order valence-corrected chi connectivity index (χ2v) is 6.87. The Morgan fingerprint density at radius 2 is 2.11 bits per heavy atom. The Hall–Kier alpha value is -3.15. The Bertz CT molecular complexity index is 1030. The number of carbonyl (C=O) groups is 1. The summed E-state index contributed by atoms with van der Waals surface area (Å²) in [7, 11) is 1.62. The van der Waals surface area contributed by atoms with Gasteiger partial charge in [0.05, 0.1) is 18.8 Å². The van der Waals surface area contributed by atoms with E-state index in [1.807, 2.05) is 43.3 Å². The highest BCUT2D eigenvalue weighted by Crippen LogP contribution is 2.59. The van der Waals surface area contributed by atoms with Crippen LogP contribution in [0.25, 0.3) is 18.2 Å². The minimum absolute atomic E-state index is 0.144. The van der Waals surface area contributed by atoms with Crippen LogP contribution in [0.2, 0.25) is 0 Å². The van der Waals surface area contributed by atoms with Gasteiger partial charge in [0.2, 0.25) is 0 Å². The molecule has 2 unspecified atom stereocenters. The fourth-order valence-corrected chi connectivity index (χ4v) is 3.67. The van der Waals surface area contributed by atoms with Crippen molar-refractivity contribution in [1.29, 1.82) is 0 Å². The van der Waals surface area contributed by atoms with Gasteiger partial charge in [-0.1, -0.05) is 31.2 Å². The summed E-state index contributed by atoms with van der Waals surface area (Å²) >= 11 is 0. The Kier molecular flexibility index (Phi) is 3.98. The van der Waals surface area contributed by atoms with Gasteiger partial charge in [-0.15, -0.1) is 0 Å². The van der Waals surface area contributed by atoms with Gasteiger partial charge in [-0.3, -0.25) is 14.2 Å². The average Bonchev–Trinajstić information content (AvgIpc) is 3.43. The van der Waals surface area contributed by atoms with Crippen molar-refractivity contribution in [2.75, 3.05) is 7.11 Å². The molecule has 1 aliphatic carbocycles. The number of methoxy groups -OCH3 is 1. The van der Waals surface area contributed by atoms with Crippen LogP contribution in [0.15, 0.2) is 35.1 Å². The maximum atomic E-state index is 13.0. The van der Waals surface area contributed by atoms with Crippen molar-refractivity contribution in [3.05, 3.63) is 63.3 Å². The molecule has 1 aromatic carbocycles. The zero-order valence-corrected chi connectivity index (χ0v) is 15.2. The van der Waals surface area contributed by atoms with Crippen LogP contribution in [0.3, 0.4) is 0 Å². The lowest BCUT2D eigenvalue weighted by atomic mass is 10.0. The molecule has 2 atom stereocenters. The average molecular weight is 364 g/mol. The molecule has 0 spiro atoms. The zero-order chi connectivity index (χ0) is 19.2. The predicted molar refractivity (Wildman–Crippen MR) is 103 cm³/mol. The summed E-state index contributed by atoms with van der Waals surface area (Å²) in [6.45, 7) is 1.91. The third-order valence-corrected chi connectivity index (χ3v) is 5.38. The number of nitrogens with zero attached hydrogens (tertiary/aromatic N) is 2. The molecule has 1 saturated carbocycles. The molecule has 4 rings (SSSR count). The van der Waals surface area contributed by atoms with Gasteiger partial charge >= 0.3 is 5.97 Å². The van der Waals surface area contributed by atoms with Gasteiger partial charge in [-0.05, 0) is 42.7 Å². The van der Waals surface area contributed by atoms with Gasteiger partial charge in [0.15, 0.2) is 0 Å². The first-order valence-corrected chi connectivity index (χ1v) is 8.90. The number of carboxylic acids is 1. The zero-order valence-electron chi connectivity index (χ0n) is 15.2. The Balaban J connectivity index is 1.73. The molecule has 0 saturated heterocycles. The van der Waals surface area contributed by atoms with Gasteiger partial charge in [0.25, 0.3) is 5.56 Å². The predicted octanol–water partition coefficient (Wildman–Crippen LogP) is 3.03. The maximum absolute atomic E-state index is 13.0. The molecule has 1 N–H and O–H groups in total. The number of ether oxygens (including phenoxy) is 1. The number of aromatic nitrogens is 2. The lowest BCUT2D eigenvalue weighted by molar-refractivity contribution is -0.141. The molecule has 2 aromatic rings. The van der Waals surface area contributed by atoms with Crippen LogP contribution in [-0.4, -0.2) is 27.7 Å². The maximum Gasteiger partial charge on any atom is 0.315 e. The van der Waals surface area contributed by atoms with Crippen LogP contribution in [0, 0.1) is 5.41 Å². The number of benzene rings is 1. The minimum atomic E-state index is -0.941. The molecule has 0 bridgehead atoms. The van der Waals surface area contributed by atoms with E-state index in [2.05, 4.69) is 4.98 Å². The molecule has 6 heteroatoms. The minimum Gasteiger partial charge on any atom is -0.497 e. The summed E-state index contributed by atoms with van der Waals surface area (Å²) in [6.07, 6.45) is 8.04. The first-order valence-electron chi connectivity index (χ1n) is 8.90. The van der Waals surface area contributed by atoms with Crippen molar-refractivity contribution in [1.82, 2.24) is 9.55 Å². The van der Waals surface area contributed by atoms with E-state index in [-0.39, 0.29) is 11.6 Å². The monoisotopic (exact) mass is 364 g/mol. The molecule has 1 aliphatic heterocycles. The first-order chi connectivity index (χ1) is 13.0. The number of hydrogen-bond donors (Lipinski definition) is 1. The Labute approximate surface area is 156 Å². The summed E-state index contributed by atoms with van der Waals surface area (Å²) in [6, 6.07) is 7.27. The third kappa shape index (κ3) is 2.68. The highest BCUT2D eigenvalue weighted by atomic mass is 16.5. The van der Waals surface area contributed by atoms with Crippen molar-refractivity contribution >= 4 is 24.2 Å². The lowest BCUT2D eigenvalue weighted by Crippen LogP contribution is -2.32. The summed E-state index contributed by atoms with van der Waals surface area (Å²) in [5.74, 6) is 0.414. The van der Waals surface area contributed by atoms with E-state index in [9.17, 15) is 14.7 Å². The molecule has 0 amide bonds. The molecule has 1 aromatic heterocycles. The Morgan fingerprint density at radius 3 is 2.74 bits per heavy atom. The van der Waals surface area contributed by atoms with Gasteiger partial charge < -0.3 is 9.84 Å². The summed E-state index contributed by atoms with van der Waals surface area (Å²) < 4.78 is 6.71. The normalized spacial score (nSPS) is 22.4. The largest absolute Gasteiger partial charge is 0.497 e. The SMILES string of the molecule is CCc1c(/C=C/c2ccc(OC)cc2)nc2n(c1=O)C1CC1(C(=O)O)C=C2. The molecule has 2 heterocycles. The van der Waals surface area contributed by atoms with Gasteiger partial charge in [0.1, 0.15) is 17.0 Å². The number of carboxylic acid groups (broad SMARTS) is 1. The fraction of sp³-hybridized carbons (Fsp3) is 0.286. The van der Waals surface area contributed by atoms with Crippen LogP contribution < -0.4 is 10.3 Å². The van der Waals surface area contributed by atoms with Crippen LogP contribution in [0.5, 0.6) is 5.75 Å². The van der Waals surface area contributed by atoms with Crippen LogP contribution >= 0.6 is 0 Å². The second kappa shape index (κ2) is 6.23. The van der Waals surface area contributed by atoms with Crippen molar-refractivity contribution < 1.29 is 14.6 Å². The van der Waals surface area contributed by atoms with Crippen molar-refractivity contribution in [2.24, 2.45) is 5.41 Å². The van der Waals surface area contributed by atoms with Crippen LogP contribution in [0.1, 0.15) is 42.0 Å². The van der Waals surface area contributed by atoms with E-state index < -0.39 is 11.4 Å². The topological polar surface area (TPSA) is 81.4 Å². The molecule has 27 heavy (non-hydrogen) atoms. The standard InChI is InChI=1S/C21H20N2O4/c1-3-15-16(9-6-13-4-7-14(27-2)8-5-13)22-18-10-11-21(20(25)26)12-17(21)23(18)19(15)24/h4-11,17H,3,12H2,1-2H3,(H,25,26)/b9-6+. The molecule has 1 fully saturated rings. The number of rotatable bonds is 5. The van der Waals surface area contributed by atoms with Crippen molar-refractivity contribution in [3.63, 3.8) is 0 Å². The molecular formula is C21H20N2O4. The molecule has 2 aliphatic rings. The highest BCUT2D eigenvalue weighted by Gasteiger charge is 2.62. The number of aliphatic carboxylic acids is 1. The van der Waals surface area contributed by atoms with Crippen LogP contribution in [-0.2, 0) is 11.2 Å². The third-order valence-electron chi connectivity index (χ3n) is 5.38. The van der Waals surface area contributed by atoms with Crippen molar-refractivity contribution in [3.8, 4) is 5.75 Å². The summed E-state index contributed by atoms with van der Waals surface area (Å²) in [5.41, 5.74) is 1.11. The molecule has 138 valence electrons. The lowest BCUT2D eigenvalue weighted by Gasteiger charge is -2.19. The number of fused-ring (bicyclic) bond motifs is 3. The van der Waals surface area contributed by atoms with E-state index in [0.717, 1.165) is 11.3 Å². The molecular weight excluding hydrogens is 344 g/mol. The summed E-state index contributed by atoms with van der Waals surface area (Å²) in [5, 5.41) is 9.48. The van der Waals surface area contributed by atoms with Crippen LogP contribution in [0.4, 0.5) is 0 Å². The second-order valence-electron chi connectivity index (χ2n) is 6.87. The first kappa shape index (κ1) is 17.3. The molecule has 0 radical (unpaired) electrons. The fourth-order valence-electron chi connectivity index (χ4n) is 3.67. The quantitative estimate of drug-likeness (QED) is 0.882. The Morgan fingerprint density at radius 1 is 1.37 bits per heavy atom. The molecule has 6 nitrogen and oxygen atoms in total. The number of hydrogen-bond acceptors (Lipinski definition) is 4. The van der Waals surface area contributed by atoms with Gasteiger partial charge in [-0.25, -0.2) is 4.98 Å². The smallest absolute Gasteiger partial charge is 0.315 e. The van der Waals surface area contributed by atoms with E-state index in [0.29, 0.717) is 29.9 Å². The van der Waals surface area contributed by atoms with Gasteiger partial charge in [-0.2, -0.15) is 0 Å². The highest BCUT2D eigenvalue weighted by molar-refractivity contribution is 5.84. The van der Waals surface area contributed by atoms with Gasteiger partial charge in [0, 0.05) is 5.56 Å². The van der Waals surface area contributed by atoms with E-state index in [1.165, 1.54) is 0 Å². The summed E-state index contributed by atoms with van der Waals surface area (Å²) in [4.78, 5) is 29.2. The van der Waals surface area contributed by atoms with E-state index in [4.69, 9.17) is 4.74 Å². The van der Waals surface area contributed by atoms with E-state index >= 15 is 0 Å². The van der Waals surface area contributed by atoms with Crippen molar-refractivity contribution in [2.45, 2.75) is 25.8 Å².